The number of hydrogen-bond acceptors (Lipinski definition) is 6. The highest BCUT2D eigenvalue weighted by Gasteiger charge is 2.43. The van der Waals surface area contributed by atoms with E-state index in [0.717, 1.165) is 50.1 Å². The summed E-state index contributed by atoms with van der Waals surface area (Å²) in [7, 11) is 0. The first-order valence-electron chi connectivity index (χ1n) is 12.4. The molecule has 3 fully saturated rings. The summed E-state index contributed by atoms with van der Waals surface area (Å²) < 4.78 is 11.6. The van der Waals surface area contributed by atoms with Crippen molar-refractivity contribution in [3.63, 3.8) is 0 Å². The Morgan fingerprint density at radius 2 is 1.91 bits per heavy atom. The normalized spacial score (nSPS) is 25.1. The number of nitrogens with zero attached hydrogens (tertiary/aromatic N) is 2. The second-order valence-corrected chi connectivity index (χ2v) is 11.6. The summed E-state index contributed by atoms with van der Waals surface area (Å²) in [6.45, 7) is 9.84. The molecule has 3 heterocycles. The second kappa shape index (κ2) is 10.8. The molecule has 7 nitrogen and oxygen atoms in total. The molecule has 0 aromatic carbocycles. The summed E-state index contributed by atoms with van der Waals surface area (Å²) in [6, 6.07) is 1.66. The van der Waals surface area contributed by atoms with Gasteiger partial charge in [0.05, 0.1) is 36.4 Å². The number of amides is 1. The average Bonchev–Trinajstić information content (AvgIpc) is 3.24. The van der Waals surface area contributed by atoms with Crippen molar-refractivity contribution in [2.75, 3.05) is 44.4 Å². The van der Waals surface area contributed by atoms with Gasteiger partial charge in [-0.1, -0.05) is 31.1 Å². The maximum atomic E-state index is 13.9. The van der Waals surface area contributed by atoms with Crippen LogP contribution >= 0.6 is 11.3 Å². The van der Waals surface area contributed by atoms with E-state index in [0.29, 0.717) is 42.8 Å². The average molecular weight is 489 g/mol. The molecule has 1 aliphatic carbocycles. The highest BCUT2D eigenvalue weighted by Crippen LogP contribution is 2.39. The van der Waals surface area contributed by atoms with E-state index in [-0.39, 0.29) is 22.2 Å². The first-order chi connectivity index (χ1) is 16.2. The summed E-state index contributed by atoms with van der Waals surface area (Å²) in [6.07, 6.45) is 4.95. The van der Waals surface area contributed by atoms with Crippen LogP contribution in [-0.4, -0.2) is 73.5 Å². The van der Waals surface area contributed by atoms with E-state index < -0.39 is 12.1 Å². The molecule has 4 rings (SSSR count). The van der Waals surface area contributed by atoms with Crippen LogP contribution in [0.4, 0.5) is 5.69 Å². The minimum atomic E-state index is -1.02. The van der Waals surface area contributed by atoms with Crippen molar-refractivity contribution >= 4 is 28.9 Å². The van der Waals surface area contributed by atoms with Gasteiger partial charge in [0.15, 0.2) is 0 Å². The van der Waals surface area contributed by atoms with Gasteiger partial charge in [-0.25, -0.2) is 4.79 Å². The van der Waals surface area contributed by atoms with Gasteiger partial charge in [-0.3, -0.25) is 9.69 Å². The fourth-order valence-corrected chi connectivity index (χ4v) is 5.86. The molecule has 2 aliphatic heterocycles. The molecule has 1 saturated carbocycles. The lowest BCUT2D eigenvalue weighted by molar-refractivity contribution is -0.140. The Hall–Kier alpha value is -1.92. The van der Waals surface area contributed by atoms with Gasteiger partial charge in [0.2, 0.25) is 0 Å². The van der Waals surface area contributed by atoms with Crippen molar-refractivity contribution in [1.29, 1.82) is 0 Å². The monoisotopic (exact) mass is 488 g/mol. The van der Waals surface area contributed by atoms with Crippen molar-refractivity contribution in [2.45, 2.75) is 65.0 Å². The van der Waals surface area contributed by atoms with Crippen LogP contribution in [-0.2, 0) is 14.3 Å². The predicted molar refractivity (Wildman–Crippen MR) is 132 cm³/mol. The Bertz CT molecular complexity index is 945. The summed E-state index contributed by atoms with van der Waals surface area (Å²) >= 11 is 1.15. The molecule has 1 unspecified atom stereocenters. The van der Waals surface area contributed by atoms with E-state index in [1.165, 1.54) is 6.42 Å². The molecule has 34 heavy (non-hydrogen) atoms. The number of anilines is 1. The maximum absolute atomic E-state index is 13.9. The zero-order valence-electron chi connectivity index (χ0n) is 20.5. The fourth-order valence-electron chi connectivity index (χ4n) is 5.02. The third-order valence-electron chi connectivity index (χ3n) is 6.76. The Labute approximate surface area is 206 Å². The molecule has 0 bridgehead atoms. The van der Waals surface area contributed by atoms with Gasteiger partial charge in [-0.15, -0.1) is 11.3 Å². The number of aromatic carboxylic acids is 1. The molecule has 1 aromatic rings. The van der Waals surface area contributed by atoms with Crippen LogP contribution in [0, 0.1) is 23.2 Å². The highest BCUT2D eigenvalue weighted by molar-refractivity contribution is 7.15. The first-order valence-corrected chi connectivity index (χ1v) is 13.2. The SMILES string of the molecule is CC(C)(C)C#Cc1cc(N2C(=O)C(CN3CCOCC3)OC[C@H]2C2CCCCC2)c(C(=O)O)s1. The summed E-state index contributed by atoms with van der Waals surface area (Å²) in [5.41, 5.74) is 0.280. The molecule has 0 radical (unpaired) electrons. The Morgan fingerprint density at radius 1 is 1.21 bits per heavy atom. The number of ether oxygens (including phenoxy) is 2. The van der Waals surface area contributed by atoms with Crippen molar-refractivity contribution in [2.24, 2.45) is 11.3 Å². The lowest BCUT2D eigenvalue weighted by Gasteiger charge is -2.44. The number of morpholine rings is 2. The van der Waals surface area contributed by atoms with Gasteiger partial charge in [-0.05, 0) is 45.6 Å². The molecule has 2 saturated heterocycles. The summed E-state index contributed by atoms with van der Waals surface area (Å²) in [5.74, 6) is 5.49. The number of carboxylic acids is 1. The van der Waals surface area contributed by atoms with Crippen LogP contribution in [0.25, 0.3) is 0 Å². The quantitative estimate of drug-likeness (QED) is 0.634. The topological polar surface area (TPSA) is 79.3 Å². The number of carbonyl (C=O) groups excluding carboxylic acids is 1. The molecular weight excluding hydrogens is 452 g/mol. The smallest absolute Gasteiger partial charge is 0.348 e. The molecular formula is C26H36N2O5S. The van der Waals surface area contributed by atoms with Gasteiger partial charge in [0, 0.05) is 25.0 Å². The minimum Gasteiger partial charge on any atom is -0.477 e. The number of carbonyl (C=O) groups is 2. The van der Waals surface area contributed by atoms with Crippen LogP contribution in [0.2, 0.25) is 0 Å². The maximum Gasteiger partial charge on any atom is 0.348 e. The molecule has 1 amide bonds. The third kappa shape index (κ3) is 6.01. The minimum absolute atomic E-state index is 0.135. The summed E-state index contributed by atoms with van der Waals surface area (Å²) in [5, 5.41) is 10.0. The van der Waals surface area contributed by atoms with Crippen molar-refractivity contribution in [1.82, 2.24) is 4.90 Å². The number of carboxylic acid groups (broad SMARTS) is 1. The van der Waals surface area contributed by atoms with Crippen LogP contribution < -0.4 is 4.90 Å². The third-order valence-corrected chi connectivity index (χ3v) is 7.79. The zero-order chi connectivity index (χ0) is 24.3. The van der Waals surface area contributed by atoms with Gasteiger partial charge in [0.25, 0.3) is 5.91 Å². The molecule has 186 valence electrons. The fraction of sp³-hybridized carbons (Fsp3) is 0.692. The largest absolute Gasteiger partial charge is 0.477 e. The predicted octanol–water partition coefficient (Wildman–Crippen LogP) is 3.86. The molecule has 1 aromatic heterocycles. The molecule has 2 atom stereocenters. The Morgan fingerprint density at radius 3 is 2.56 bits per heavy atom. The number of thiophene rings is 1. The lowest BCUT2D eigenvalue weighted by Crippen LogP contribution is -2.60. The molecule has 3 aliphatic rings. The van der Waals surface area contributed by atoms with E-state index in [9.17, 15) is 14.7 Å². The number of hydrogen-bond donors (Lipinski definition) is 1. The van der Waals surface area contributed by atoms with E-state index >= 15 is 0 Å². The van der Waals surface area contributed by atoms with Gasteiger partial charge in [-0.2, -0.15) is 0 Å². The summed E-state index contributed by atoms with van der Waals surface area (Å²) in [4.78, 5) is 30.9. The van der Waals surface area contributed by atoms with Crippen LogP contribution in [0.1, 0.15) is 67.4 Å². The van der Waals surface area contributed by atoms with Crippen molar-refractivity contribution in [3.8, 4) is 11.8 Å². The van der Waals surface area contributed by atoms with E-state index in [1.54, 1.807) is 11.0 Å². The van der Waals surface area contributed by atoms with Crippen LogP contribution in [0.15, 0.2) is 6.07 Å². The van der Waals surface area contributed by atoms with Gasteiger partial charge < -0.3 is 19.5 Å². The van der Waals surface area contributed by atoms with Crippen LogP contribution in [0.5, 0.6) is 0 Å². The molecule has 0 spiro atoms. The first kappa shape index (κ1) is 25.2. The lowest BCUT2D eigenvalue weighted by atomic mass is 9.82. The van der Waals surface area contributed by atoms with E-state index in [2.05, 4.69) is 16.7 Å². The Kier molecular flexibility index (Phi) is 7.98. The number of rotatable bonds is 5. The molecule has 8 heteroatoms. The second-order valence-electron chi connectivity index (χ2n) is 10.5. The van der Waals surface area contributed by atoms with Crippen LogP contribution in [0.3, 0.4) is 0 Å². The standard InChI is InChI=1S/C26H36N2O5S/c1-26(2,3)10-9-19-15-20(23(34-19)25(30)31)28-21(18-7-5-4-6-8-18)17-33-22(24(28)29)16-27-11-13-32-14-12-27/h15,18,21-22H,4-8,11-14,16-17H2,1-3H3,(H,30,31)/t21-,22?/m0/s1. The van der Waals surface area contributed by atoms with E-state index in [1.807, 2.05) is 20.8 Å². The van der Waals surface area contributed by atoms with Crippen molar-refractivity contribution in [3.05, 3.63) is 15.8 Å². The van der Waals surface area contributed by atoms with Gasteiger partial charge >= 0.3 is 5.97 Å². The zero-order valence-corrected chi connectivity index (χ0v) is 21.3. The Balaban J connectivity index is 1.68. The van der Waals surface area contributed by atoms with E-state index in [4.69, 9.17) is 9.47 Å². The highest BCUT2D eigenvalue weighted by atomic mass is 32.1. The van der Waals surface area contributed by atoms with Crippen molar-refractivity contribution < 1.29 is 24.2 Å². The molecule has 1 N–H and O–H groups in total. The van der Waals surface area contributed by atoms with Gasteiger partial charge in [0.1, 0.15) is 11.0 Å².